The van der Waals surface area contributed by atoms with Crippen molar-refractivity contribution in [2.24, 2.45) is 0 Å². The quantitative estimate of drug-likeness (QED) is 0.660. The summed E-state index contributed by atoms with van der Waals surface area (Å²) in [6.07, 6.45) is 2.60. The maximum Gasteiger partial charge on any atom is 0.254 e. The van der Waals surface area contributed by atoms with Gasteiger partial charge in [-0.1, -0.05) is 49.4 Å². The Morgan fingerprint density at radius 1 is 0.875 bits per heavy atom. The minimum absolute atomic E-state index is 0.0120. The third kappa shape index (κ3) is 3.93. The largest absolute Gasteiger partial charge is 0.467 e. The smallest absolute Gasteiger partial charge is 0.254 e. The lowest BCUT2D eigenvalue weighted by molar-refractivity contribution is 0.0717. The second-order valence-corrected chi connectivity index (χ2v) is 5.78. The standard InChI is InChI=1S/C21H21NO2/c1-2-17-10-12-19(13-11-17)21(23)22(16-20-9-6-14-24-20)15-18-7-4-3-5-8-18/h3-14H,2,15-16H2,1H3. The van der Waals surface area contributed by atoms with E-state index in [-0.39, 0.29) is 5.91 Å². The number of carbonyl (C=O) groups is 1. The molecule has 0 atom stereocenters. The zero-order valence-corrected chi connectivity index (χ0v) is 13.8. The minimum Gasteiger partial charge on any atom is -0.467 e. The number of furan rings is 1. The van der Waals surface area contributed by atoms with Crippen molar-refractivity contribution in [3.05, 3.63) is 95.4 Å². The van der Waals surface area contributed by atoms with Crippen LogP contribution in [0.15, 0.2) is 77.4 Å². The van der Waals surface area contributed by atoms with Crippen LogP contribution in [0.25, 0.3) is 0 Å². The van der Waals surface area contributed by atoms with Crippen molar-refractivity contribution in [1.29, 1.82) is 0 Å². The second-order valence-electron chi connectivity index (χ2n) is 5.78. The fraction of sp³-hybridized carbons (Fsp3) is 0.190. The van der Waals surface area contributed by atoms with Crippen molar-refractivity contribution in [2.75, 3.05) is 0 Å². The number of amides is 1. The highest BCUT2D eigenvalue weighted by molar-refractivity contribution is 5.94. The van der Waals surface area contributed by atoms with Crippen LogP contribution in [0.3, 0.4) is 0 Å². The summed E-state index contributed by atoms with van der Waals surface area (Å²) in [5, 5.41) is 0. The van der Waals surface area contributed by atoms with Gasteiger partial charge in [0.1, 0.15) is 5.76 Å². The van der Waals surface area contributed by atoms with E-state index in [1.165, 1.54) is 5.56 Å². The van der Waals surface area contributed by atoms with E-state index in [2.05, 4.69) is 6.92 Å². The van der Waals surface area contributed by atoms with Crippen LogP contribution in [0, 0.1) is 0 Å². The Bertz CT molecular complexity index is 761. The summed E-state index contributed by atoms with van der Waals surface area (Å²) in [7, 11) is 0. The van der Waals surface area contributed by atoms with Crippen molar-refractivity contribution in [2.45, 2.75) is 26.4 Å². The molecule has 1 heterocycles. The normalized spacial score (nSPS) is 10.5. The van der Waals surface area contributed by atoms with Crippen LogP contribution in [-0.4, -0.2) is 10.8 Å². The molecule has 122 valence electrons. The van der Waals surface area contributed by atoms with Crippen molar-refractivity contribution in [3.63, 3.8) is 0 Å². The van der Waals surface area contributed by atoms with E-state index >= 15 is 0 Å². The Hall–Kier alpha value is -2.81. The molecule has 24 heavy (non-hydrogen) atoms. The van der Waals surface area contributed by atoms with Gasteiger partial charge in [-0.3, -0.25) is 4.79 Å². The van der Waals surface area contributed by atoms with Crippen LogP contribution >= 0.6 is 0 Å². The lowest BCUT2D eigenvalue weighted by Gasteiger charge is -2.22. The number of nitrogens with zero attached hydrogens (tertiary/aromatic N) is 1. The van der Waals surface area contributed by atoms with Crippen LogP contribution in [0.2, 0.25) is 0 Å². The van der Waals surface area contributed by atoms with E-state index in [0.29, 0.717) is 18.7 Å². The van der Waals surface area contributed by atoms with Crippen molar-refractivity contribution < 1.29 is 9.21 Å². The molecule has 0 spiro atoms. The van der Waals surface area contributed by atoms with E-state index in [1.807, 2.05) is 71.6 Å². The van der Waals surface area contributed by atoms with Crippen LogP contribution < -0.4 is 0 Å². The van der Waals surface area contributed by atoms with E-state index < -0.39 is 0 Å². The molecule has 3 aromatic rings. The zero-order chi connectivity index (χ0) is 16.8. The van der Waals surface area contributed by atoms with Gasteiger partial charge in [0.15, 0.2) is 0 Å². The Kier molecular flexibility index (Phi) is 5.12. The second kappa shape index (κ2) is 7.64. The Morgan fingerprint density at radius 3 is 2.25 bits per heavy atom. The summed E-state index contributed by atoms with van der Waals surface area (Å²) in [5.41, 5.74) is 3.03. The first-order valence-electron chi connectivity index (χ1n) is 8.21. The molecule has 3 nitrogen and oxygen atoms in total. The summed E-state index contributed by atoms with van der Waals surface area (Å²) in [4.78, 5) is 14.8. The SMILES string of the molecule is CCc1ccc(C(=O)N(Cc2ccccc2)Cc2ccco2)cc1. The van der Waals surface area contributed by atoms with Gasteiger partial charge in [0.05, 0.1) is 12.8 Å². The summed E-state index contributed by atoms with van der Waals surface area (Å²) in [5.74, 6) is 0.794. The van der Waals surface area contributed by atoms with Crippen LogP contribution in [0.4, 0.5) is 0 Å². The number of carbonyl (C=O) groups excluding carboxylic acids is 1. The third-order valence-electron chi connectivity index (χ3n) is 4.04. The predicted molar refractivity (Wildman–Crippen MR) is 94.5 cm³/mol. The molecule has 0 saturated heterocycles. The number of hydrogen-bond acceptors (Lipinski definition) is 2. The van der Waals surface area contributed by atoms with Gasteiger partial charge >= 0.3 is 0 Å². The first-order chi connectivity index (χ1) is 11.8. The topological polar surface area (TPSA) is 33.5 Å². The van der Waals surface area contributed by atoms with Gasteiger partial charge < -0.3 is 9.32 Å². The van der Waals surface area contributed by atoms with Gasteiger partial charge in [-0.05, 0) is 41.8 Å². The van der Waals surface area contributed by atoms with Crippen LogP contribution in [-0.2, 0) is 19.5 Å². The van der Waals surface area contributed by atoms with Gasteiger partial charge in [0, 0.05) is 12.1 Å². The van der Waals surface area contributed by atoms with Crippen molar-refractivity contribution in [1.82, 2.24) is 4.90 Å². The molecular formula is C21H21NO2. The molecule has 1 amide bonds. The number of rotatable bonds is 6. The number of benzene rings is 2. The molecule has 0 N–H and O–H groups in total. The highest BCUT2D eigenvalue weighted by atomic mass is 16.3. The lowest BCUT2D eigenvalue weighted by Crippen LogP contribution is -2.30. The molecule has 0 fully saturated rings. The van der Waals surface area contributed by atoms with E-state index in [0.717, 1.165) is 17.7 Å². The van der Waals surface area contributed by atoms with Crippen LogP contribution in [0.1, 0.15) is 34.2 Å². The maximum atomic E-state index is 13.0. The number of aryl methyl sites for hydroxylation is 1. The molecule has 1 aromatic heterocycles. The summed E-state index contributed by atoms with van der Waals surface area (Å²) >= 11 is 0. The Balaban J connectivity index is 1.83. The highest BCUT2D eigenvalue weighted by Crippen LogP contribution is 2.15. The van der Waals surface area contributed by atoms with Crippen molar-refractivity contribution >= 4 is 5.91 Å². The lowest BCUT2D eigenvalue weighted by atomic mass is 10.1. The van der Waals surface area contributed by atoms with Crippen LogP contribution in [0.5, 0.6) is 0 Å². The Morgan fingerprint density at radius 2 is 1.62 bits per heavy atom. The zero-order valence-electron chi connectivity index (χ0n) is 13.8. The predicted octanol–water partition coefficient (Wildman–Crippen LogP) is 4.68. The minimum atomic E-state index is 0.0120. The molecule has 0 aliphatic rings. The molecule has 0 radical (unpaired) electrons. The molecular weight excluding hydrogens is 298 g/mol. The third-order valence-corrected chi connectivity index (χ3v) is 4.04. The van der Waals surface area contributed by atoms with Gasteiger partial charge in [-0.15, -0.1) is 0 Å². The molecule has 0 bridgehead atoms. The average molecular weight is 319 g/mol. The highest BCUT2D eigenvalue weighted by Gasteiger charge is 2.17. The van der Waals surface area contributed by atoms with E-state index in [4.69, 9.17) is 4.42 Å². The molecule has 0 aliphatic heterocycles. The monoisotopic (exact) mass is 319 g/mol. The fourth-order valence-electron chi connectivity index (χ4n) is 2.66. The van der Waals surface area contributed by atoms with Gasteiger partial charge in [-0.25, -0.2) is 0 Å². The van der Waals surface area contributed by atoms with Gasteiger partial charge in [0.25, 0.3) is 5.91 Å². The maximum absolute atomic E-state index is 13.0. The fourth-order valence-corrected chi connectivity index (χ4v) is 2.66. The summed E-state index contributed by atoms with van der Waals surface area (Å²) < 4.78 is 5.43. The first kappa shape index (κ1) is 16.1. The van der Waals surface area contributed by atoms with Crippen molar-refractivity contribution in [3.8, 4) is 0 Å². The Labute approximate surface area is 142 Å². The molecule has 3 heteroatoms. The molecule has 3 rings (SSSR count). The average Bonchev–Trinajstić information content (AvgIpc) is 3.15. The molecule has 0 saturated carbocycles. The summed E-state index contributed by atoms with van der Waals surface area (Å²) in [6.45, 7) is 3.11. The van der Waals surface area contributed by atoms with Gasteiger partial charge in [0.2, 0.25) is 0 Å². The molecule has 0 aliphatic carbocycles. The summed E-state index contributed by atoms with van der Waals surface area (Å²) in [6, 6.07) is 21.6. The van der Waals surface area contributed by atoms with E-state index in [1.54, 1.807) is 6.26 Å². The molecule has 0 unspecified atom stereocenters. The van der Waals surface area contributed by atoms with Gasteiger partial charge in [-0.2, -0.15) is 0 Å². The number of hydrogen-bond donors (Lipinski definition) is 0. The van der Waals surface area contributed by atoms with E-state index in [9.17, 15) is 4.79 Å². The first-order valence-corrected chi connectivity index (χ1v) is 8.21. The molecule has 2 aromatic carbocycles.